The van der Waals surface area contributed by atoms with E-state index in [0.29, 0.717) is 11.3 Å². The highest BCUT2D eigenvalue weighted by Crippen LogP contribution is 2.31. The molecule has 2 aromatic rings. The van der Waals surface area contributed by atoms with Gasteiger partial charge in [-0.1, -0.05) is 28.8 Å². The van der Waals surface area contributed by atoms with Crippen LogP contribution in [-0.4, -0.2) is 26.7 Å². The summed E-state index contributed by atoms with van der Waals surface area (Å²) in [7, 11) is 0. The zero-order valence-electron chi connectivity index (χ0n) is 9.41. The van der Waals surface area contributed by atoms with Gasteiger partial charge in [-0.25, -0.2) is 0 Å². The molecule has 18 heavy (non-hydrogen) atoms. The number of benzene rings is 1. The van der Waals surface area contributed by atoms with Crippen molar-refractivity contribution in [3.05, 3.63) is 46.5 Å². The van der Waals surface area contributed by atoms with E-state index in [1.165, 1.54) is 6.20 Å². The van der Waals surface area contributed by atoms with Crippen molar-refractivity contribution >= 4 is 17.4 Å². The van der Waals surface area contributed by atoms with Gasteiger partial charge in [0.1, 0.15) is 4.88 Å². The average molecular weight is 261 g/mol. The molecule has 1 aromatic carbocycles. The first-order valence-corrected chi connectivity index (χ1v) is 6.37. The molecular formula is C12H11N3O2S. The van der Waals surface area contributed by atoms with Gasteiger partial charge in [0, 0.05) is 6.42 Å². The molecule has 5 nitrogen and oxygen atoms in total. The third kappa shape index (κ3) is 1.89. The fourth-order valence-electron chi connectivity index (χ4n) is 2.23. The van der Waals surface area contributed by atoms with Gasteiger partial charge < -0.3 is 10.4 Å². The highest BCUT2D eigenvalue weighted by atomic mass is 32.1. The minimum absolute atomic E-state index is 0.245. The van der Waals surface area contributed by atoms with Crippen LogP contribution in [-0.2, 0) is 6.42 Å². The molecule has 0 fully saturated rings. The van der Waals surface area contributed by atoms with Crippen LogP contribution < -0.4 is 5.32 Å². The van der Waals surface area contributed by atoms with E-state index in [1.807, 2.05) is 24.3 Å². The number of rotatable bonds is 2. The van der Waals surface area contributed by atoms with Crippen LogP contribution in [0.4, 0.5) is 0 Å². The number of fused-ring (bicyclic) bond motifs is 1. The molecule has 0 aliphatic heterocycles. The molecule has 2 N–H and O–H groups in total. The van der Waals surface area contributed by atoms with Crippen molar-refractivity contribution in [1.82, 2.24) is 14.9 Å². The van der Waals surface area contributed by atoms with E-state index in [-0.39, 0.29) is 11.9 Å². The van der Waals surface area contributed by atoms with E-state index in [9.17, 15) is 9.90 Å². The predicted octanol–water partition coefficient (Wildman–Crippen LogP) is 0.926. The number of nitrogens with zero attached hydrogens (tertiary/aromatic N) is 2. The average Bonchev–Trinajstić information content (AvgIpc) is 2.98. The maximum absolute atomic E-state index is 11.9. The van der Waals surface area contributed by atoms with Crippen molar-refractivity contribution in [2.24, 2.45) is 0 Å². The molecule has 2 atom stereocenters. The van der Waals surface area contributed by atoms with Crippen molar-refractivity contribution < 1.29 is 9.90 Å². The van der Waals surface area contributed by atoms with Crippen molar-refractivity contribution in [2.45, 2.75) is 18.6 Å². The summed E-state index contributed by atoms with van der Waals surface area (Å²) in [6.45, 7) is 0. The van der Waals surface area contributed by atoms with Crippen LogP contribution in [0.15, 0.2) is 30.5 Å². The molecule has 0 spiro atoms. The normalized spacial score (nSPS) is 21.6. The number of nitrogens with one attached hydrogen (secondary N) is 1. The molecule has 6 heteroatoms. The molecule has 1 aliphatic carbocycles. The second-order valence-corrected chi connectivity index (χ2v) is 4.99. The summed E-state index contributed by atoms with van der Waals surface area (Å²) in [4.78, 5) is 12.4. The number of amides is 1. The molecule has 1 aliphatic rings. The summed E-state index contributed by atoms with van der Waals surface area (Å²) >= 11 is 1.04. The molecule has 3 rings (SSSR count). The lowest BCUT2D eigenvalue weighted by Gasteiger charge is -2.17. The Hall–Kier alpha value is -1.79. The largest absolute Gasteiger partial charge is 0.390 e. The third-order valence-corrected chi connectivity index (χ3v) is 3.74. The maximum atomic E-state index is 11.9. The van der Waals surface area contributed by atoms with E-state index >= 15 is 0 Å². The second kappa shape index (κ2) is 4.47. The smallest absolute Gasteiger partial charge is 0.265 e. The summed E-state index contributed by atoms with van der Waals surface area (Å²) in [5, 5.41) is 16.5. The molecule has 0 radical (unpaired) electrons. The number of aromatic nitrogens is 2. The molecule has 0 bridgehead atoms. The van der Waals surface area contributed by atoms with Crippen LogP contribution in [0.25, 0.3) is 0 Å². The van der Waals surface area contributed by atoms with Gasteiger partial charge in [-0.2, -0.15) is 0 Å². The van der Waals surface area contributed by atoms with Crippen LogP contribution in [0.5, 0.6) is 0 Å². The molecule has 1 heterocycles. The van der Waals surface area contributed by atoms with Gasteiger partial charge in [0.15, 0.2) is 0 Å². The molecule has 0 saturated heterocycles. The Labute approximate surface area is 108 Å². The number of hydrogen-bond acceptors (Lipinski definition) is 5. The number of hydrogen-bond donors (Lipinski definition) is 2. The van der Waals surface area contributed by atoms with E-state index in [1.54, 1.807) is 0 Å². The van der Waals surface area contributed by atoms with Crippen molar-refractivity contribution in [2.75, 3.05) is 0 Å². The summed E-state index contributed by atoms with van der Waals surface area (Å²) in [5.41, 5.74) is 2.06. The van der Waals surface area contributed by atoms with Crippen LogP contribution in [0.3, 0.4) is 0 Å². The van der Waals surface area contributed by atoms with Gasteiger partial charge in [-0.3, -0.25) is 4.79 Å². The lowest BCUT2D eigenvalue weighted by atomic mass is 10.1. The second-order valence-electron chi connectivity index (χ2n) is 4.20. The van der Waals surface area contributed by atoms with Crippen LogP contribution in [0.2, 0.25) is 0 Å². The summed E-state index contributed by atoms with van der Waals surface area (Å²) in [5.74, 6) is -0.245. The van der Waals surface area contributed by atoms with Crippen molar-refractivity contribution in [1.29, 1.82) is 0 Å². The number of carbonyl (C=O) groups is 1. The lowest BCUT2D eigenvalue weighted by molar-refractivity contribution is 0.0862. The summed E-state index contributed by atoms with van der Waals surface area (Å²) in [6, 6.07) is 7.39. The zero-order chi connectivity index (χ0) is 12.5. The fraction of sp³-hybridized carbons (Fsp3) is 0.250. The van der Waals surface area contributed by atoms with Crippen molar-refractivity contribution in [3.63, 3.8) is 0 Å². The number of aliphatic hydroxyl groups is 1. The van der Waals surface area contributed by atoms with E-state index < -0.39 is 6.10 Å². The first-order chi connectivity index (χ1) is 8.75. The maximum Gasteiger partial charge on any atom is 0.265 e. The summed E-state index contributed by atoms with van der Waals surface area (Å²) in [6.07, 6.45) is 1.42. The lowest BCUT2D eigenvalue weighted by Crippen LogP contribution is -2.33. The molecule has 1 aromatic heterocycles. The van der Waals surface area contributed by atoms with E-state index in [4.69, 9.17) is 0 Å². The molecule has 92 valence electrons. The van der Waals surface area contributed by atoms with Gasteiger partial charge in [0.25, 0.3) is 5.91 Å². The zero-order valence-corrected chi connectivity index (χ0v) is 10.2. The first kappa shape index (κ1) is 11.3. The molecule has 0 unspecified atom stereocenters. The SMILES string of the molecule is O=C(N[C@H]1c2ccccc2C[C@H]1O)c1cnns1. The Morgan fingerprint density at radius 3 is 3.06 bits per heavy atom. The topological polar surface area (TPSA) is 75.1 Å². The van der Waals surface area contributed by atoms with Gasteiger partial charge in [0.05, 0.1) is 18.3 Å². The van der Waals surface area contributed by atoms with Gasteiger partial charge >= 0.3 is 0 Å². The minimum atomic E-state index is -0.577. The van der Waals surface area contributed by atoms with Gasteiger partial charge in [-0.15, -0.1) is 5.10 Å². The number of aliphatic hydroxyl groups excluding tert-OH is 1. The molecular weight excluding hydrogens is 250 g/mol. The highest BCUT2D eigenvalue weighted by molar-refractivity contribution is 7.07. The van der Waals surface area contributed by atoms with Crippen LogP contribution in [0.1, 0.15) is 26.8 Å². The number of carbonyl (C=O) groups excluding carboxylic acids is 1. The van der Waals surface area contributed by atoms with Crippen molar-refractivity contribution in [3.8, 4) is 0 Å². The fourth-order valence-corrected chi connectivity index (χ4v) is 2.65. The van der Waals surface area contributed by atoms with Crippen LogP contribution >= 0.6 is 11.5 Å². The Balaban J connectivity index is 1.83. The third-order valence-electron chi connectivity index (χ3n) is 3.08. The van der Waals surface area contributed by atoms with Crippen LogP contribution in [0, 0.1) is 0 Å². The standard InChI is InChI=1S/C12H11N3O2S/c16-9-5-7-3-1-2-4-8(7)11(9)14-12(17)10-6-13-15-18-10/h1-4,6,9,11,16H,5H2,(H,14,17)/t9-,11+/m1/s1. The van der Waals surface area contributed by atoms with Gasteiger partial charge in [-0.05, 0) is 22.7 Å². The molecule has 1 amide bonds. The Bertz CT molecular complexity index is 570. The van der Waals surface area contributed by atoms with Gasteiger partial charge in [0.2, 0.25) is 0 Å². The van der Waals surface area contributed by atoms with E-state index in [2.05, 4.69) is 14.9 Å². The quantitative estimate of drug-likeness (QED) is 0.843. The Morgan fingerprint density at radius 1 is 1.44 bits per heavy atom. The Kier molecular flexibility index (Phi) is 2.81. The highest BCUT2D eigenvalue weighted by Gasteiger charge is 2.32. The van der Waals surface area contributed by atoms with E-state index in [0.717, 1.165) is 22.7 Å². The minimum Gasteiger partial charge on any atom is -0.390 e. The molecule has 0 saturated carbocycles. The summed E-state index contributed by atoms with van der Waals surface area (Å²) < 4.78 is 3.65. The Morgan fingerprint density at radius 2 is 2.28 bits per heavy atom. The first-order valence-electron chi connectivity index (χ1n) is 5.60. The monoisotopic (exact) mass is 261 g/mol. The predicted molar refractivity (Wildman–Crippen MR) is 66.3 cm³/mol.